The molecule has 138 valence electrons. The van der Waals surface area contributed by atoms with Crippen LogP contribution in [0.2, 0.25) is 0 Å². The Kier molecular flexibility index (Phi) is 4.79. The van der Waals surface area contributed by atoms with Crippen LogP contribution >= 0.6 is 0 Å². The molecular weight excluding hydrogens is 352 g/mol. The lowest BCUT2D eigenvalue weighted by atomic mass is 10.1. The third-order valence-corrected chi connectivity index (χ3v) is 4.08. The first-order valence-electron chi connectivity index (χ1n) is 8.75. The molecule has 1 aromatic carbocycles. The van der Waals surface area contributed by atoms with Gasteiger partial charge >= 0.3 is 0 Å². The first-order chi connectivity index (χ1) is 13.7. The first-order valence-corrected chi connectivity index (χ1v) is 8.75. The number of aromatic nitrogens is 4. The van der Waals surface area contributed by atoms with Crippen LogP contribution in [0.25, 0.3) is 11.1 Å². The van der Waals surface area contributed by atoms with Gasteiger partial charge < -0.3 is 10.6 Å². The molecule has 0 saturated carbocycles. The number of hydrogen-bond acceptors (Lipinski definition) is 5. The van der Waals surface area contributed by atoms with Crippen LogP contribution in [0.1, 0.15) is 16.2 Å². The van der Waals surface area contributed by atoms with Crippen LogP contribution in [0.5, 0.6) is 0 Å². The average Bonchev–Trinajstić information content (AvgIpc) is 3.16. The van der Waals surface area contributed by atoms with E-state index in [1.54, 1.807) is 18.5 Å². The van der Waals surface area contributed by atoms with Crippen molar-refractivity contribution in [2.45, 2.75) is 6.92 Å². The molecule has 3 N–H and O–H groups in total. The average molecular weight is 370 g/mol. The Morgan fingerprint density at radius 3 is 2.25 bits per heavy atom. The number of rotatable bonds is 5. The lowest BCUT2D eigenvalue weighted by Crippen LogP contribution is -2.13. The van der Waals surface area contributed by atoms with Gasteiger partial charge in [-0.05, 0) is 60.5 Å². The van der Waals surface area contributed by atoms with Crippen molar-refractivity contribution in [1.82, 2.24) is 20.2 Å². The van der Waals surface area contributed by atoms with Gasteiger partial charge in [-0.2, -0.15) is 5.10 Å². The van der Waals surface area contributed by atoms with Gasteiger partial charge in [-0.1, -0.05) is 18.2 Å². The molecule has 3 heterocycles. The molecule has 0 saturated heterocycles. The van der Waals surface area contributed by atoms with Gasteiger partial charge in [0.15, 0.2) is 5.69 Å². The molecule has 0 aliphatic carbocycles. The van der Waals surface area contributed by atoms with Crippen molar-refractivity contribution >= 4 is 23.2 Å². The van der Waals surface area contributed by atoms with Gasteiger partial charge in [-0.3, -0.25) is 9.89 Å². The van der Waals surface area contributed by atoms with Gasteiger partial charge in [0.25, 0.3) is 5.91 Å². The number of nitrogens with zero attached hydrogens (tertiary/aromatic N) is 3. The minimum absolute atomic E-state index is 0.310. The SMILES string of the molecule is Cc1cc(C(=O)Nc2cc(-c3ccnc(Nc4ccccc4)c3)ccn2)n[nH]1. The summed E-state index contributed by atoms with van der Waals surface area (Å²) in [6.07, 6.45) is 3.40. The van der Waals surface area contributed by atoms with E-state index in [9.17, 15) is 4.79 Å². The highest BCUT2D eigenvalue weighted by atomic mass is 16.2. The van der Waals surface area contributed by atoms with Crippen LogP contribution in [0.4, 0.5) is 17.3 Å². The highest BCUT2D eigenvalue weighted by molar-refractivity contribution is 6.02. The summed E-state index contributed by atoms with van der Waals surface area (Å²) in [6.45, 7) is 1.84. The van der Waals surface area contributed by atoms with E-state index in [-0.39, 0.29) is 5.91 Å². The molecule has 7 heteroatoms. The molecule has 4 aromatic rings. The molecule has 0 bridgehead atoms. The number of H-pyrrole nitrogens is 1. The van der Waals surface area contributed by atoms with Crippen molar-refractivity contribution in [3.05, 3.63) is 84.4 Å². The molecule has 0 aliphatic rings. The van der Waals surface area contributed by atoms with Crippen molar-refractivity contribution in [3.63, 3.8) is 0 Å². The standard InChI is InChI=1S/C21H18N6O/c1-14-11-18(27-26-14)21(28)25-20-13-16(8-10-23-20)15-7-9-22-19(12-15)24-17-5-3-2-4-6-17/h2-13H,1H3,(H,22,24)(H,26,27)(H,23,25,28). The summed E-state index contributed by atoms with van der Waals surface area (Å²) in [7, 11) is 0. The molecule has 7 nitrogen and oxygen atoms in total. The van der Waals surface area contributed by atoms with Gasteiger partial charge in [0.05, 0.1) is 0 Å². The van der Waals surface area contributed by atoms with Gasteiger partial charge in [-0.25, -0.2) is 9.97 Å². The Bertz CT molecular complexity index is 1110. The maximum absolute atomic E-state index is 12.3. The summed E-state index contributed by atoms with van der Waals surface area (Å²) in [5.41, 5.74) is 3.98. The number of para-hydroxylation sites is 1. The highest BCUT2D eigenvalue weighted by Crippen LogP contribution is 2.24. The number of aryl methyl sites for hydroxylation is 1. The molecule has 3 aromatic heterocycles. The topological polar surface area (TPSA) is 95.6 Å². The number of aromatic amines is 1. The molecule has 4 rings (SSSR count). The van der Waals surface area contributed by atoms with Crippen LogP contribution in [0.3, 0.4) is 0 Å². The second kappa shape index (κ2) is 7.71. The third-order valence-electron chi connectivity index (χ3n) is 4.08. The molecule has 0 fully saturated rings. The van der Waals surface area contributed by atoms with Gasteiger partial charge in [0.2, 0.25) is 0 Å². The van der Waals surface area contributed by atoms with Crippen LogP contribution < -0.4 is 10.6 Å². The van der Waals surface area contributed by atoms with Crippen molar-refractivity contribution < 1.29 is 4.79 Å². The fraction of sp³-hybridized carbons (Fsp3) is 0.0476. The number of nitrogens with one attached hydrogen (secondary N) is 3. The minimum Gasteiger partial charge on any atom is -0.340 e. The van der Waals surface area contributed by atoms with Crippen LogP contribution in [-0.2, 0) is 0 Å². The van der Waals surface area contributed by atoms with Crippen molar-refractivity contribution in [3.8, 4) is 11.1 Å². The summed E-state index contributed by atoms with van der Waals surface area (Å²) in [4.78, 5) is 20.9. The Morgan fingerprint density at radius 2 is 1.57 bits per heavy atom. The van der Waals surface area contributed by atoms with E-state index in [1.165, 1.54) is 0 Å². The van der Waals surface area contributed by atoms with E-state index in [0.717, 1.165) is 28.3 Å². The fourth-order valence-electron chi connectivity index (χ4n) is 2.74. The van der Waals surface area contributed by atoms with Crippen LogP contribution in [0.15, 0.2) is 73.1 Å². The first kappa shape index (κ1) is 17.4. The molecule has 1 amide bonds. The third kappa shape index (κ3) is 4.04. The number of benzene rings is 1. The van der Waals surface area contributed by atoms with Gasteiger partial charge in [0.1, 0.15) is 11.6 Å². The molecule has 0 radical (unpaired) electrons. The zero-order valence-corrected chi connectivity index (χ0v) is 15.2. The maximum Gasteiger partial charge on any atom is 0.277 e. The van der Waals surface area contributed by atoms with Gasteiger partial charge in [0, 0.05) is 23.8 Å². The largest absolute Gasteiger partial charge is 0.340 e. The van der Waals surface area contributed by atoms with E-state index in [0.29, 0.717) is 11.5 Å². The summed E-state index contributed by atoms with van der Waals surface area (Å²) in [5, 5.41) is 12.8. The summed E-state index contributed by atoms with van der Waals surface area (Å²) in [6, 6.07) is 19.1. The number of carbonyl (C=O) groups is 1. The summed E-state index contributed by atoms with van der Waals surface area (Å²) < 4.78 is 0. The Balaban J connectivity index is 1.54. The van der Waals surface area contributed by atoms with Gasteiger partial charge in [-0.15, -0.1) is 0 Å². The second-order valence-electron chi connectivity index (χ2n) is 6.24. The van der Waals surface area contributed by atoms with E-state index < -0.39 is 0 Å². The molecule has 0 aliphatic heterocycles. The van der Waals surface area contributed by atoms with E-state index in [4.69, 9.17) is 0 Å². The Morgan fingerprint density at radius 1 is 0.893 bits per heavy atom. The monoisotopic (exact) mass is 370 g/mol. The Labute approximate surface area is 161 Å². The van der Waals surface area contributed by atoms with Crippen LogP contribution in [-0.4, -0.2) is 26.1 Å². The number of anilines is 3. The molecular formula is C21H18N6O. The van der Waals surface area contributed by atoms with Crippen LogP contribution in [0, 0.1) is 6.92 Å². The van der Waals surface area contributed by atoms with E-state index in [2.05, 4.69) is 30.8 Å². The number of pyridine rings is 2. The number of carbonyl (C=O) groups excluding carboxylic acids is 1. The van der Waals surface area contributed by atoms with E-state index >= 15 is 0 Å². The Hall–Kier alpha value is -4.00. The molecule has 0 atom stereocenters. The highest BCUT2D eigenvalue weighted by Gasteiger charge is 2.11. The fourth-order valence-corrected chi connectivity index (χ4v) is 2.74. The lowest BCUT2D eigenvalue weighted by Gasteiger charge is -2.09. The number of hydrogen-bond donors (Lipinski definition) is 3. The maximum atomic E-state index is 12.3. The normalized spacial score (nSPS) is 10.5. The number of amides is 1. The zero-order valence-electron chi connectivity index (χ0n) is 15.2. The lowest BCUT2D eigenvalue weighted by molar-refractivity contribution is 0.102. The smallest absolute Gasteiger partial charge is 0.277 e. The quantitative estimate of drug-likeness (QED) is 0.490. The second-order valence-corrected chi connectivity index (χ2v) is 6.24. The predicted molar refractivity (Wildman–Crippen MR) is 108 cm³/mol. The molecule has 28 heavy (non-hydrogen) atoms. The molecule has 0 unspecified atom stereocenters. The zero-order chi connectivity index (χ0) is 19.3. The predicted octanol–water partition coefficient (Wildman–Crippen LogP) is 4.17. The minimum atomic E-state index is -0.310. The van der Waals surface area contributed by atoms with Crippen molar-refractivity contribution in [2.24, 2.45) is 0 Å². The van der Waals surface area contributed by atoms with Crippen molar-refractivity contribution in [2.75, 3.05) is 10.6 Å². The van der Waals surface area contributed by atoms with Crippen molar-refractivity contribution in [1.29, 1.82) is 0 Å². The van der Waals surface area contributed by atoms with E-state index in [1.807, 2.05) is 61.5 Å². The summed E-state index contributed by atoms with van der Waals surface area (Å²) in [5.74, 6) is 0.880. The molecule has 0 spiro atoms. The summed E-state index contributed by atoms with van der Waals surface area (Å²) >= 11 is 0.